The number of hydrogen-bond acceptors (Lipinski definition) is 4. The first-order chi connectivity index (χ1) is 13.1. The molecule has 1 aliphatic heterocycles. The molecule has 0 unspecified atom stereocenters. The van der Waals surface area contributed by atoms with Crippen LogP contribution in [-0.4, -0.2) is 46.9 Å². The van der Waals surface area contributed by atoms with Gasteiger partial charge in [-0.15, -0.1) is 0 Å². The number of halogens is 3. The second-order valence-corrected chi connectivity index (χ2v) is 6.34. The van der Waals surface area contributed by atoms with E-state index >= 15 is 0 Å². The second kappa shape index (κ2) is 8.70. The van der Waals surface area contributed by atoms with E-state index in [0.717, 1.165) is 30.0 Å². The smallest absolute Gasteiger partial charge is 0.475 e. The number of aliphatic carboxylic acids is 1. The Kier molecular flexibility index (Phi) is 6.57. The van der Waals surface area contributed by atoms with Crippen molar-refractivity contribution in [3.05, 3.63) is 48.7 Å². The van der Waals surface area contributed by atoms with Gasteiger partial charge >= 0.3 is 18.2 Å². The van der Waals surface area contributed by atoms with E-state index in [9.17, 15) is 18.0 Å². The zero-order chi connectivity index (χ0) is 20.8. The van der Waals surface area contributed by atoms with Crippen molar-refractivity contribution < 1.29 is 27.9 Å². The van der Waals surface area contributed by atoms with Crippen molar-refractivity contribution in [1.82, 2.24) is 15.6 Å². The summed E-state index contributed by atoms with van der Waals surface area (Å²) in [6, 6.07) is 13.4. The third-order valence-electron chi connectivity index (χ3n) is 3.78. The first kappa shape index (κ1) is 21.2. The number of aromatic nitrogens is 1. The molecule has 1 saturated heterocycles. The third-order valence-corrected chi connectivity index (χ3v) is 3.78. The van der Waals surface area contributed by atoms with Gasteiger partial charge in [0.2, 0.25) is 0 Å². The minimum absolute atomic E-state index is 0.153. The molecule has 4 N–H and O–H groups in total. The van der Waals surface area contributed by atoms with Gasteiger partial charge in [0.1, 0.15) is 0 Å². The Morgan fingerprint density at radius 2 is 1.79 bits per heavy atom. The van der Waals surface area contributed by atoms with Crippen LogP contribution in [-0.2, 0) is 4.79 Å². The molecule has 1 aromatic carbocycles. The van der Waals surface area contributed by atoms with Crippen molar-refractivity contribution in [3.63, 3.8) is 0 Å². The molecule has 28 heavy (non-hydrogen) atoms. The van der Waals surface area contributed by atoms with Crippen LogP contribution in [0.5, 0.6) is 0 Å². The standard InChI is InChI=1S/C16H18N4O.C2HF3O2/c1-16(10-17-11-16)20-15(21)19-13-7-8-18-14(9-13)12-5-3-2-4-6-12;3-2(4,5)1(6)7/h2-9,17H,10-11H2,1H3,(H2,18,19,20,21);(H,6,7). The number of urea groups is 1. The van der Waals surface area contributed by atoms with Crippen LogP contribution in [0.25, 0.3) is 11.3 Å². The molecule has 0 aliphatic carbocycles. The molecule has 150 valence electrons. The summed E-state index contributed by atoms with van der Waals surface area (Å²) < 4.78 is 31.7. The SMILES string of the molecule is CC1(NC(=O)Nc2ccnc(-c3ccccc3)c2)CNC1.O=C(O)C(F)(F)F. The Morgan fingerprint density at radius 3 is 2.29 bits per heavy atom. The fraction of sp³-hybridized carbons (Fsp3) is 0.278. The first-order valence-corrected chi connectivity index (χ1v) is 8.20. The van der Waals surface area contributed by atoms with Gasteiger partial charge in [-0.2, -0.15) is 13.2 Å². The second-order valence-electron chi connectivity index (χ2n) is 6.34. The summed E-state index contributed by atoms with van der Waals surface area (Å²) in [6.45, 7) is 3.61. The maximum atomic E-state index is 12.0. The van der Waals surface area contributed by atoms with Crippen LogP contribution in [0.3, 0.4) is 0 Å². The van der Waals surface area contributed by atoms with E-state index < -0.39 is 12.1 Å². The summed E-state index contributed by atoms with van der Waals surface area (Å²) >= 11 is 0. The Morgan fingerprint density at radius 1 is 1.18 bits per heavy atom. The monoisotopic (exact) mass is 396 g/mol. The lowest BCUT2D eigenvalue weighted by Crippen LogP contribution is -2.67. The van der Waals surface area contributed by atoms with Gasteiger partial charge in [0.15, 0.2) is 0 Å². The summed E-state index contributed by atoms with van der Waals surface area (Å²) in [5.41, 5.74) is 2.44. The van der Waals surface area contributed by atoms with Crippen molar-refractivity contribution >= 4 is 17.7 Å². The molecule has 0 atom stereocenters. The molecule has 2 heterocycles. The highest BCUT2D eigenvalue weighted by Crippen LogP contribution is 2.20. The van der Waals surface area contributed by atoms with E-state index in [1.807, 2.05) is 43.3 Å². The van der Waals surface area contributed by atoms with Gasteiger partial charge in [0, 0.05) is 30.5 Å². The summed E-state index contributed by atoms with van der Waals surface area (Å²) in [4.78, 5) is 25.2. The van der Waals surface area contributed by atoms with Gasteiger partial charge < -0.3 is 21.1 Å². The quantitative estimate of drug-likeness (QED) is 0.639. The number of rotatable bonds is 3. The van der Waals surface area contributed by atoms with Gasteiger partial charge in [0.05, 0.1) is 11.2 Å². The minimum Gasteiger partial charge on any atom is -0.475 e. The average molecular weight is 396 g/mol. The van der Waals surface area contributed by atoms with Crippen molar-refractivity contribution in [3.8, 4) is 11.3 Å². The maximum absolute atomic E-state index is 12.0. The number of pyridine rings is 1. The Labute approximate surface area is 159 Å². The van der Waals surface area contributed by atoms with Gasteiger partial charge in [-0.1, -0.05) is 30.3 Å². The number of nitrogens with one attached hydrogen (secondary N) is 3. The van der Waals surface area contributed by atoms with E-state index in [4.69, 9.17) is 9.90 Å². The fourth-order valence-electron chi connectivity index (χ4n) is 2.30. The van der Waals surface area contributed by atoms with Crippen LogP contribution in [0.15, 0.2) is 48.7 Å². The molecule has 1 fully saturated rings. The summed E-state index contributed by atoms with van der Waals surface area (Å²) in [5, 5.41) is 16.1. The van der Waals surface area contributed by atoms with E-state index in [-0.39, 0.29) is 11.6 Å². The predicted octanol–water partition coefficient (Wildman–Crippen LogP) is 2.87. The highest BCUT2D eigenvalue weighted by molar-refractivity contribution is 5.90. The molecule has 1 aromatic heterocycles. The first-order valence-electron chi connectivity index (χ1n) is 8.20. The lowest BCUT2D eigenvalue weighted by molar-refractivity contribution is -0.192. The number of carbonyl (C=O) groups excluding carboxylic acids is 1. The topological polar surface area (TPSA) is 103 Å². The zero-order valence-electron chi connectivity index (χ0n) is 14.9. The number of hydrogen-bond donors (Lipinski definition) is 4. The Bertz CT molecular complexity index is 824. The Hall–Kier alpha value is -3.14. The van der Waals surface area contributed by atoms with Crippen LogP contribution in [0, 0.1) is 0 Å². The maximum Gasteiger partial charge on any atom is 0.490 e. The average Bonchev–Trinajstić information content (AvgIpc) is 2.61. The van der Waals surface area contributed by atoms with Crippen molar-refractivity contribution in [2.75, 3.05) is 18.4 Å². The van der Waals surface area contributed by atoms with E-state index in [0.29, 0.717) is 0 Å². The summed E-state index contributed by atoms with van der Waals surface area (Å²) in [6.07, 6.45) is -3.38. The molecular weight excluding hydrogens is 377 g/mol. The molecule has 0 saturated carbocycles. The number of benzene rings is 1. The molecule has 3 rings (SSSR count). The van der Waals surface area contributed by atoms with Gasteiger partial charge in [0.25, 0.3) is 0 Å². The lowest BCUT2D eigenvalue weighted by atomic mass is 9.96. The highest BCUT2D eigenvalue weighted by atomic mass is 19.4. The third kappa shape index (κ3) is 6.23. The molecule has 2 amide bonds. The zero-order valence-corrected chi connectivity index (χ0v) is 14.9. The molecular formula is C18H19F3N4O3. The summed E-state index contributed by atoms with van der Waals surface area (Å²) in [7, 11) is 0. The normalized spacial score (nSPS) is 14.7. The van der Waals surface area contributed by atoms with Gasteiger partial charge in [-0.25, -0.2) is 9.59 Å². The Balaban J connectivity index is 0.000000345. The van der Waals surface area contributed by atoms with Crippen LogP contribution in [0.1, 0.15) is 6.92 Å². The van der Waals surface area contributed by atoms with Crippen molar-refractivity contribution in [2.45, 2.75) is 18.6 Å². The largest absolute Gasteiger partial charge is 0.490 e. The van der Waals surface area contributed by atoms with E-state index in [1.165, 1.54) is 0 Å². The van der Waals surface area contributed by atoms with Crippen molar-refractivity contribution in [1.29, 1.82) is 0 Å². The number of carboxylic acids is 1. The van der Waals surface area contributed by atoms with E-state index in [2.05, 4.69) is 20.9 Å². The predicted molar refractivity (Wildman–Crippen MR) is 96.8 cm³/mol. The van der Waals surface area contributed by atoms with Crippen molar-refractivity contribution in [2.24, 2.45) is 0 Å². The number of amides is 2. The van der Waals surface area contributed by atoms with Crippen LogP contribution in [0.4, 0.5) is 23.7 Å². The van der Waals surface area contributed by atoms with Crippen LogP contribution >= 0.6 is 0 Å². The molecule has 0 radical (unpaired) electrons. The lowest BCUT2D eigenvalue weighted by Gasteiger charge is -2.39. The molecule has 2 aromatic rings. The number of alkyl halides is 3. The van der Waals surface area contributed by atoms with Crippen LogP contribution in [0.2, 0.25) is 0 Å². The fourth-order valence-corrected chi connectivity index (χ4v) is 2.30. The van der Waals surface area contributed by atoms with Gasteiger partial charge in [-0.3, -0.25) is 4.98 Å². The number of anilines is 1. The van der Waals surface area contributed by atoms with Gasteiger partial charge in [-0.05, 0) is 19.1 Å². The van der Waals surface area contributed by atoms with E-state index in [1.54, 1.807) is 12.3 Å². The summed E-state index contributed by atoms with van der Waals surface area (Å²) in [5.74, 6) is -2.76. The minimum atomic E-state index is -5.08. The molecule has 10 heteroatoms. The highest BCUT2D eigenvalue weighted by Gasteiger charge is 2.38. The number of carbonyl (C=O) groups is 2. The molecule has 0 bridgehead atoms. The van der Waals surface area contributed by atoms with Crippen LogP contribution < -0.4 is 16.0 Å². The number of carboxylic acid groups (broad SMARTS) is 1. The molecule has 7 nitrogen and oxygen atoms in total. The molecule has 0 spiro atoms. The molecule has 1 aliphatic rings. The number of nitrogens with zero attached hydrogens (tertiary/aromatic N) is 1.